The summed E-state index contributed by atoms with van der Waals surface area (Å²) in [5.74, 6) is 1.42. The van der Waals surface area contributed by atoms with Gasteiger partial charge >= 0.3 is 6.09 Å². The number of nitrogens with zero attached hydrogens (tertiary/aromatic N) is 5. The molecule has 4 aromatic rings. The zero-order valence-electron chi connectivity index (χ0n) is 17.2. The van der Waals surface area contributed by atoms with Crippen molar-refractivity contribution in [3.05, 3.63) is 54.2 Å². The van der Waals surface area contributed by atoms with Crippen LogP contribution in [0.5, 0.6) is 11.5 Å². The summed E-state index contributed by atoms with van der Waals surface area (Å²) in [7, 11) is 1.50. The Bertz CT molecular complexity index is 1340. The highest BCUT2D eigenvalue weighted by Crippen LogP contribution is 2.32. The van der Waals surface area contributed by atoms with E-state index in [9.17, 15) is 15.2 Å². The van der Waals surface area contributed by atoms with Crippen molar-refractivity contribution in [3.63, 3.8) is 0 Å². The molecule has 0 spiro atoms. The van der Waals surface area contributed by atoms with Gasteiger partial charge in [0.05, 0.1) is 19.4 Å². The first-order chi connectivity index (χ1) is 15.5. The Labute approximate surface area is 182 Å². The van der Waals surface area contributed by atoms with E-state index in [0.717, 1.165) is 0 Å². The Morgan fingerprint density at radius 2 is 1.91 bits per heavy atom. The Balaban J connectivity index is 1.99. The fourth-order valence-electron chi connectivity index (χ4n) is 3.25. The molecule has 2 aromatic heterocycles. The maximum atomic E-state index is 11.4. The topological polar surface area (TPSA) is 135 Å². The van der Waals surface area contributed by atoms with Gasteiger partial charge in [-0.2, -0.15) is 5.26 Å². The number of fused-ring (bicyclic) bond motifs is 1. The molecule has 0 bridgehead atoms. The highest BCUT2D eigenvalue weighted by molar-refractivity contribution is 5.89. The van der Waals surface area contributed by atoms with Gasteiger partial charge in [0.2, 0.25) is 5.95 Å². The second-order valence-electron chi connectivity index (χ2n) is 6.51. The van der Waals surface area contributed by atoms with E-state index >= 15 is 0 Å². The smallest absolute Gasteiger partial charge is 0.411 e. The molecular weight excluding hydrogens is 412 g/mol. The van der Waals surface area contributed by atoms with E-state index in [1.807, 2.05) is 13.0 Å². The largest absolute Gasteiger partial charge is 0.495 e. The van der Waals surface area contributed by atoms with Crippen molar-refractivity contribution < 1.29 is 19.4 Å². The van der Waals surface area contributed by atoms with Crippen LogP contribution in [-0.2, 0) is 0 Å². The first kappa shape index (κ1) is 20.6. The molecule has 0 unspecified atom stereocenters. The molecule has 0 aliphatic carbocycles. The lowest BCUT2D eigenvalue weighted by Crippen LogP contribution is -2.13. The van der Waals surface area contributed by atoms with E-state index < -0.39 is 6.09 Å². The summed E-state index contributed by atoms with van der Waals surface area (Å²) in [6, 6.07) is 16.2. The van der Waals surface area contributed by atoms with Gasteiger partial charge in [-0.1, -0.05) is 12.1 Å². The van der Waals surface area contributed by atoms with E-state index in [1.165, 1.54) is 11.7 Å². The number of methoxy groups -OCH3 is 1. The molecule has 0 saturated carbocycles. The Morgan fingerprint density at radius 3 is 2.56 bits per heavy atom. The van der Waals surface area contributed by atoms with Crippen LogP contribution in [0.25, 0.3) is 28.2 Å². The second-order valence-corrected chi connectivity index (χ2v) is 6.51. The van der Waals surface area contributed by atoms with Crippen LogP contribution in [0.1, 0.15) is 12.6 Å². The number of aromatic nitrogens is 4. The average molecular weight is 430 g/mol. The van der Waals surface area contributed by atoms with E-state index in [-0.39, 0.29) is 28.6 Å². The lowest BCUT2D eigenvalue weighted by Gasteiger charge is -2.12. The van der Waals surface area contributed by atoms with Gasteiger partial charge in [-0.25, -0.2) is 19.7 Å². The van der Waals surface area contributed by atoms with Gasteiger partial charge < -0.3 is 14.6 Å². The quantitative estimate of drug-likeness (QED) is 0.471. The first-order valence-corrected chi connectivity index (χ1v) is 9.62. The molecule has 1 amide bonds. The fraction of sp³-hybridized carbons (Fsp3) is 0.136. The van der Waals surface area contributed by atoms with Gasteiger partial charge in [0.1, 0.15) is 23.1 Å². The summed E-state index contributed by atoms with van der Waals surface area (Å²) < 4.78 is 12.4. The monoisotopic (exact) mass is 430 g/mol. The second kappa shape index (κ2) is 8.61. The summed E-state index contributed by atoms with van der Waals surface area (Å²) in [6.07, 6.45) is -1.31. The summed E-state index contributed by atoms with van der Waals surface area (Å²) in [4.78, 5) is 24.7. The van der Waals surface area contributed by atoms with Crippen LogP contribution in [0, 0.1) is 11.3 Å². The summed E-state index contributed by atoms with van der Waals surface area (Å²) >= 11 is 0. The van der Waals surface area contributed by atoms with Gasteiger partial charge in [0, 0.05) is 5.56 Å². The zero-order valence-corrected chi connectivity index (χ0v) is 17.2. The molecular formula is C22H18N6O4. The van der Waals surface area contributed by atoms with Crippen LogP contribution in [-0.4, -0.2) is 44.4 Å². The number of anilines is 1. The van der Waals surface area contributed by atoms with Gasteiger partial charge in [0.25, 0.3) is 0 Å². The van der Waals surface area contributed by atoms with Gasteiger partial charge in [0.15, 0.2) is 17.2 Å². The number of benzene rings is 2. The van der Waals surface area contributed by atoms with Gasteiger partial charge in [-0.3, -0.25) is 9.88 Å². The number of hydrogen-bond donors (Lipinski definition) is 2. The van der Waals surface area contributed by atoms with Crippen molar-refractivity contribution in [2.24, 2.45) is 0 Å². The van der Waals surface area contributed by atoms with Crippen LogP contribution in [0.3, 0.4) is 0 Å². The zero-order chi connectivity index (χ0) is 22.7. The molecule has 10 nitrogen and oxygen atoms in total. The maximum absolute atomic E-state index is 11.4. The summed E-state index contributed by atoms with van der Waals surface area (Å²) in [6.45, 7) is 2.43. The Morgan fingerprint density at radius 1 is 1.16 bits per heavy atom. The van der Waals surface area contributed by atoms with E-state index in [4.69, 9.17) is 9.47 Å². The third-order valence-corrected chi connectivity index (χ3v) is 4.58. The number of ether oxygens (including phenoxy) is 2. The summed E-state index contributed by atoms with van der Waals surface area (Å²) in [5.41, 5.74) is 1.60. The molecule has 2 N–H and O–H groups in total. The number of rotatable bonds is 6. The third-order valence-electron chi connectivity index (χ3n) is 4.58. The van der Waals surface area contributed by atoms with Crippen molar-refractivity contribution in [2.45, 2.75) is 6.92 Å². The maximum Gasteiger partial charge on any atom is 0.411 e. The number of carbonyl (C=O) groups is 1. The number of amides is 1. The minimum atomic E-state index is -1.31. The summed E-state index contributed by atoms with van der Waals surface area (Å²) in [5, 5.41) is 21.3. The number of carboxylic acid groups (broad SMARTS) is 1. The van der Waals surface area contributed by atoms with Crippen LogP contribution >= 0.6 is 0 Å². The molecule has 10 heteroatoms. The van der Waals surface area contributed by atoms with E-state index in [0.29, 0.717) is 29.4 Å². The minimum absolute atomic E-state index is 0.0148. The number of imidazole rings is 1. The number of hydrogen-bond acceptors (Lipinski definition) is 7. The van der Waals surface area contributed by atoms with Crippen molar-refractivity contribution >= 4 is 23.2 Å². The van der Waals surface area contributed by atoms with E-state index in [2.05, 4.69) is 20.3 Å². The van der Waals surface area contributed by atoms with Crippen LogP contribution in [0.2, 0.25) is 0 Å². The highest BCUT2D eigenvalue weighted by atomic mass is 16.5. The SMILES string of the molecule is CCOc1ccc(-c2nc(C#N)c3nc(NC(=O)O)n(-c4ccccc4OC)c3n2)cc1. The molecule has 0 aliphatic heterocycles. The first-order valence-electron chi connectivity index (χ1n) is 9.62. The van der Waals surface area contributed by atoms with Crippen molar-refractivity contribution in [1.29, 1.82) is 5.26 Å². The third kappa shape index (κ3) is 3.75. The Kier molecular flexibility index (Phi) is 5.55. The lowest BCUT2D eigenvalue weighted by molar-refractivity contribution is 0.209. The molecule has 160 valence electrons. The molecule has 32 heavy (non-hydrogen) atoms. The van der Waals surface area contributed by atoms with Crippen LogP contribution in [0.15, 0.2) is 48.5 Å². The molecule has 0 atom stereocenters. The minimum Gasteiger partial charge on any atom is -0.495 e. The normalized spacial score (nSPS) is 10.5. The predicted octanol–water partition coefficient (Wildman–Crippen LogP) is 3.85. The predicted molar refractivity (Wildman–Crippen MR) is 116 cm³/mol. The van der Waals surface area contributed by atoms with Crippen LogP contribution in [0.4, 0.5) is 10.7 Å². The number of nitrogens with one attached hydrogen (secondary N) is 1. The standard InChI is InChI=1S/C22H18N6O4/c1-3-32-14-10-8-13(9-11-14)19-24-15(12-23)18-20(26-19)28(21(25-18)27-22(29)30)16-6-4-5-7-17(16)31-2/h4-11H,3H2,1-2H3,(H,25,27)(H,29,30). The molecule has 2 aromatic carbocycles. The van der Waals surface area contributed by atoms with Gasteiger partial charge in [-0.05, 0) is 43.3 Å². The van der Waals surface area contributed by atoms with Crippen molar-refractivity contribution in [2.75, 3.05) is 19.0 Å². The molecule has 4 rings (SSSR count). The molecule has 0 saturated heterocycles. The Hall–Kier alpha value is -4.65. The number of para-hydroxylation sites is 2. The molecule has 0 fully saturated rings. The molecule has 0 aliphatic rings. The fourth-order valence-corrected chi connectivity index (χ4v) is 3.25. The number of nitriles is 1. The highest BCUT2D eigenvalue weighted by Gasteiger charge is 2.22. The van der Waals surface area contributed by atoms with Crippen molar-refractivity contribution in [3.8, 4) is 34.6 Å². The van der Waals surface area contributed by atoms with Gasteiger partial charge in [-0.15, -0.1) is 0 Å². The van der Waals surface area contributed by atoms with Crippen molar-refractivity contribution in [1.82, 2.24) is 19.5 Å². The lowest BCUT2D eigenvalue weighted by atomic mass is 10.2. The van der Waals surface area contributed by atoms with E-state index in [1.54, 1.807) is 48.5 Å². The average Bonchev–Trinajstić information content (AvgIpc) is 3.16. The van der Waals surface area contributed by atoms with Crippen LogP contribution < -0.4 is 14.8 Å². The molecule has 0 radical (unpaired) electrons. The molecule has 2 heterocycles.